The van der Waals surface area contributed by atoms with Crippen LogP contribution in [0.3, 0.4) is 0 Å². The van der Waals surface area contributed by atoms with E-state index in [1.165, 1.54) is 18.4 Å². The Balaban J connectivity index is 1.66. The molecule has 2 aliphatic rings. The van der Waals surface area contributed by atoms with Crippen LogP contribution in [0, 0.1) is 5.92 Å². The summed E-state index contributed by atoms with van der Waals surface area (Å²) in [5.41, 5.74) is 2.40. The zero-order valence-electron chi connectivity index (χ0n) is 12.4. The lowest BCUT2D eigenvalue weighted by Crippen LogP contribution is -2.44. The second kappa shape index (κ2) is 5.47. The number of fused-ring (bicyclic) bond motifs is 1. The van der Waals surface area contributed by atoms with Crippen LogP contribution in [0.25, 0.3) is 0 Å². The van der Waals surface area contributed by atoms with Crippen LogP contribution in [-0.2, 0) is 11.2 Å². The fraction of sp³-hybridized carbons (Fsp3) is 0.588. The molecule has 108 valence electrons. The van der Waals surface area contributed by atoms with Crippen LogP contribution in [0.4, 0.5) is 5.69 Å². The summed E-state index contributed by atoms with van der Waals surface area (Å²) >= 11 is 0. The van der Waals surface area contributed by atoms with E-state index in [2.05, 4.69) is 36.2 Å². The van der Waals surface area contributed by atoms with Crippen molar-refractivity contribution in [3.05, 3.63) is 29.8 Å². The van der Waals surface area contributed by atoms with Crippen molar-refractivity contribution in [1.82, 2.24) is 4.90 Å². The van der Waals surface area contributed by atoms with Gasteiger partial charge in [0.05, 0.1) is 0 Å². The maximum Gasteiger partial charge on any atom is 0.245 e. The maximum absolute atomic E-state index is 12.8. The second-order valence-electron chi connectivity index (χ2n) is 6.50. The number of anilines is 1. The molecule has 1 aromatic rings. The molecule has 1 atom stereocenters. The van der Waals surface area contributed by atoms with E-state index in [1.54, 1.807) is 0 Å². The minimum absolute atomic E-state index is 0.0554. The highest BCUT2D eigenvalue weighted by Crippen LogP contribution is 2.31. The van der Waals surface area contributed by atoms with Crippen LogP contribution in [0.2, 0.25) is 0 Å². The first-order chi connectivity index (χ1) is 9.65. The summed E-state index contributed by atoms with van der Waals surface area (Å²) in [5.74, 6) is 0.946. The van der Waals surface area contributed by atoms with Gasteiger partial charge in [-0.25, -0.2) is 0 Å². The number of para-hydroxylation sites is 1. The molecular formula is C17H24N2O. The van der Waals surface area contributed by atoms with E-state index in [-0.39, 0.29) is 6.04 Å². The van der Waals surface area contributed by atoms with Crippen molar-refractivity contribution in [3.8, 4) is 0 Å². The fourth-order valence-corrected chi connectivity index (χ4v) is 2.90. The summed E-state index contributed by atoms with van der Waals surface area (Å²) in [6.45, 7) is 5.36. The third kappa shape index (κ3) is 2.82. The molecule has 1 saturated carbocycles. The molecule has 3 nitrogen and oxygen atoms in total. The van der Waals surface area contributed by atoms with Gasteiger partial charge in [0.15, 0.2) is 0 Å². The Morgan fingerprint density at radius 3 is 2.75 bits per heavy atom. The van der Waals surface area contributed by atoms with Gasteiger partial charge < -0.3 is 10.2 Å². The van der Waals surface area contributed by atoms with Gasteiger partial charge in [-0.05, 0) is 36.8 Å². The Hall–Kier alpha value is -1.51. The van der Waals surface area contributed by atoms with E-state index in [0.717, 1.165) is 25.1 Å². The summed E-state index contributed by atoms with van der Waals surface area (Å²) in [7, 11) is 0. The molecule has 0 saturated heterocycles. The molecule has 0 aromatic heterocycles. The maximum atomic E-state index is 12.8. The molecule has 1 heterocycles. The molecule has 1 aromatic carbocycles. The number of hydrogen-bond donors (Lipinski definition) is 1. The normalized spacial score (nSPS) is 20.6. The van der Waals surface area contributed by atoms with Crippen LogP contribution >= 0.6 is 0 Å². The number of nitrogens with zero attached hydrogens (tertiary/aromatic N) is 1. The highest BCUT2D eigenvalue weighted by molar-refractivity contribution is 5.87. The summed E-state index contributed by atoms with van der Waals surface area (Å²) in [4.78, 5) is 14.9. The minimum atomic E-state index is -0.0554. The first-order valence-electron chi connectivity index (χ1n) is 7.80. The quantitative estimate of drug-likeness (QED) is 0.893. The van der Waals surface area contributed by atoms with Crippen molar-refractivity contribution in [3.63, 3.8) is 0 Å². The Morgan fingerprint density at radius 1 is 1.35 bits per heavy atom. The molecule has 1 aliphatic heterocycles. The monoisotopic (exact) mass is 272 g/mol. The minimum Gasteiger partial charge on any atom is -0.373 e. The molecule has 3 rings (SSSR count). The van der Waals surface area contributed by atoms with Crippen molar-refractivity contribution in [1.29, 1.82) is 0 Å². The van der Waals surface area contributed by atoms with E-state index >= 15 is 0 Å². The Kier molecular flexibility index (Phi) is 3.68. The van der Waals surface area contributed by atoms with E-state index in [1.807, 2.05) is 12.1 Å². The highest BCUT2D eigenvalue weighted by atomic mass is 16.2. The molecule has 1 fully saturated rings. The van der Waals surface area contributed by atoms with Crippen LogP contribution < -0.4 is 5.32 Å². The van der Waals surface area contributed by atoms with E-state index in [4.69, 9.17) is 0 Å². The molecule has 0 spiro atoms. The zero-order chi connectivity index (χ0) is 14.1. The molecule has 0 bridgehead atoms. The number of carbonyl (C=O) groups excluding carboxylic acids is 1. The van der Waals surface area contributed by atoms with Crippen molar-refractivity contribution in [2.45, 2.75) is 51.6 Å². The SMILES string of the molecule is CC(C)CCN(C(=O)[C@@H]1Cc2ccccc2N1)C1CC1. The Bertz CT molecular complexity index is 469. The van der Waals surface area contributed by atoms with Crippen LogP contribution in [0.1, 0.15) is 38.7 Å². The third-order valence-electron chi connectivity index (χ3n) is 4.29. The van der Waals surface area contributed by atoms with Gasteiger partial charge in [-0.15, -0.1) is 0 Å². The zero-order valence-corrected chi connectivity index (χ0v) is 12.4. The van der Waals surface area contributed by atoms with Gasteiger partial charge in [0, 0.05) is 24.7 Å². The van der Waals surface area contributed by atoms with E-state index in [9.17, 15) is 4.79 Å². The lowest BCUT2D eigenvalue weighted by molar-refractivity contribution is -0.132. The summed E-state index contributed by atoms with van der Waals surface area (Å²) in [6, 6.07) is 8.71. The Morgan fingerprint density at radius 2 is 2.10 bits per heavy atom. The first kappa shape index (κ1) is 13.5. The van der Waals surface area contributed by atoms with Gasteiger partial charge in [-0.1, -0.05) is 32.0 Å². The van der Waals surface area contributed by atoms with Crippen LogP contribution in [-0.4, -0.2) is 29.4 Å². The number of rotatable bonds is 5. The summed E-state index contributed by atoms with van der Waals surface area (Å²) in [5, 5.41) is 3.39. The van der Waals surface area contributed by atoms with Gasteiger partial charge in [0.25, 0.3) is 0 Å². The predicted molar refractivity (Wildman–Crippen MR) is 81.7 cm³/mol. The number of carbonyl (C=O) groups is 1. The summed E-state index contributed by atoms with van der Waals surface area (Å²) < 4.78 is 0. The van der Waals surface area contributed by atoms with Crippen molar-refractivity contribution < 1.29 is 4.79 Å². The van der Waals surface area contributed by atoms with Crippen LogP contribution in [0.5, 0.6) is 0 Å². The molecule has 20 heavy (non-hydrogen) atoms. The second-order valence-corrected chi connectivity index (χ2v) is 6.50. The van der Waals surface area contributed by atoms with Crippen LogP contribution in [0.15, 0.2) is 24.3 Å². The van der Waals surface area contributed by atoms with Gasteiger partial charge in [0.1, 0.15) is 6.04 Å². The largest absolute Gasteiger partial charge is 0.373 e. The number of hydrogen-bond acceptors (Lipinski definition) is 2. The first-order valence-corrected chi connectivity index (χ1v) is 7.80. The third-order valence-corrected chi connectivity index (χ3v) is 4.29. The lowest BCUT2D eigenvalue weighted by Gasteiger charge is -2.26. The van der Waals surface area contributed by atoms with Gasteiger partial charge in [-0.3, -0.25) is 4.79 Å². The average Bonchev–Trinajstić information content (AvgIpc) is 3.16. The number of benzene rings is 1. The van der Waals surface area contributed by atoms with Crippen molar-refractivity contribution in [2.75, 3.05) is 11.9 Å². The van der Waals surface area contributed by atoms with E-state index < -0.39 is 0 Å². The van der Waals surface area contributed by atoms with Gasteiger partial charge in [-0.2, -0.15) is 0 Å². The topological polar surface area (TPSA) is 32.3 Å². The molecule has 1 N–H and O–H groups in total. The lowest BCUT2D eigenvalue weighted by atomic mass is 10.1. The smallest absolute Gasteiger partial charge is 0.245 e. The van der Waals surface area contributed by atoms with Crippen molar-refractivity contribution in [2.24, 2.45) is 5.92 Å². The van der Waals surface area contributed by atoms with Crippen molar-refractivity contribution >= 4 is 11.6 Å². The summed E-state index contributed by atoms with van der Waals surface area (Å²) in [6.07, 6.45) is 4.30. The highest BCUT2D eigenvalue weighted by Gasteiger charge is 2.37. The molecule has 1 amide bonds. The van der Waals surface area contributed by atoms with Gasteiger partial charge in [0.2, 0.25) is 5.91 Å². The predicted octanol–water partition coefficient (Wildman–Crippen LogP) is 3.06. The fourth-order valence-electron chi connectivity index (χ4n) is 2.90. The number of amides is 1. The molecule has 1 aliphatic carbocycles. The average molecular weight is 272 g/mol. The van der Waals surface area contributed by atoms with Gasteiger partial charge >= 0.3 is 0 Å². The molecule has 0 unspecified atom stereocenters. The Labute approximate surface area is 121 Å². The molecule has 3 heteroatoms. The van der Waals surface area contributed by atoms with E-state index in [0.29, 0.717) is 17.9 Å². The standard InChI is InChI=1S/C17H24N2O/c1-12(2)9-10-19(14-7-8-14)17(20)16-11-13-5-3-4-6-15(13)18-16/h3-6,12,14,16,18H,7-11H2,1-2H3/t16-/m0/s1. The molecular weight excluding hydrogens is 248 g/mol. The number of nitrogens with one attached hydrogen (secondary N) is 1. The molecule has 0 radical (unpaired) electrons.